The Morgan fingerprint density at radius 3 is 2.75 bits per heavy atom. The summed E-state index contributed by atoms with van der Waals surface area (Å²) in [7, 11) is 0. The van der Waals surface area contributed by atoms with Gasteiger partial charge < -0.3 is 14.4 Å². The third kappa shape index (κ3) is 3.33. The van der Waals surface area contributed by atoms with Gasteiger partial charge in [0, 0.05) is 6.54 Å². The third-order valence-corrected chi connectivity index (χ3v) is 3.05. The van der Waals surface area contributed by atoms with Crippen molar-refractivity contribution in [2.24, 2.45) is 0 Å². The van der Waals surface area contributed by atoms with Crippen molar-refractivity contribution < 1.29 is 23.5 Å². The first-order valence-electron chi connectivity index (χ1n) is 6.45. The van der Waals surface area contributed by atoms with E-state index in [4.69, 9.17) is 9.47 Å². The number of hydrogen-bond acceptors (Lipinski definition) is 4. The highest BCUT2D eigenvalue weighted by Gasteiger charge is 2.29. The summed E-state index contributed by atoms with van der Waals surface area (Å²) in [5.41, 5.74) is 0.771. The van der Waals surface area contributed by atoms with E-state index >= 15 is 0 Å². The molecule has 1 unspecified atom stereocenters. The van der Waals surface area contributed by atoms with Crippen LogP contribution in [0.1, 0.15) is 18.6 Å². The lowest BCUT2D eigenvalue weighted by molar-refractivity contribution is -0.163. The summed E-state index contributed by atoms with van der Waals surface area (Å²) in [6.07, 6.45) is -0.359. The predicted octanol–water partition coefficient (Wildman–Crippen LogP) is 1.29. The van der Waals surface area contributed by atoms with Gasteiger partial charge in [-0.05, 0) is 24.6 Å². The number of morpholine rings is 1. The monoisotopic (exact) mass is 281 g/mol. The highest BCUT2D eigenvalue weighted by molar-refractivity contribution is 6.32. The Labute approximate surface area is 116 Å². The normalized spacial score (nSPS) is 18.7. The number of nitrogens with zero attached hydrogens (tertiary/aromatic N) is 1. The molecular formula is C14H16FNO4. The maximum absolute atomic E-state index is 12.9. The molecule has 1 fully saturated rings. The number of carbonyl (C=O) groups is 2. The van der Waals surface area contributed by atoms with Gasteiger partial charge in [0.05, 0.1) is 19.8 Å². The Hall–Kier alpha value is -1.95. The van der Waals surface area contributed by atoms with Gasteiger partial charge in [0.25, 0.3) is 0 Å². The van der Waals surface area contributed by atoms with Gasteiger partial charge in [-0.2, -0.15) is 0 Å². The molecule has 6 heteroatoms. The topological polar surface area (TPSA) is 55.8 Å². The fourth-order valence-corrected chi connectivity index (χ4v) is 2.03. The third-order valence-electron chi connectivity index (χ3n) is 3.05. The number of amides is 1. The van der Waals surface area contributed by atoms with E-state index in [1.165, 1.54) is 17.0 Å². The van der Waals surface area contributed by atoms with E-state index in [-0.39, 0.29) is 25.1 Å². The Bertz CT molecular complexity index is 488. The second-order valence-corrected chi connectivity index (χ2v) is 4.38. The first-order valence-corrected chi connectivity index (χ1v) is 6.45. The predicted molar refractivity (Wildman–Crippen MR) is 68.3 cm³/mol. The van der Waals surface area contributed by atoms with Crippen molar-refractivity contribution in [1.29, 1.82) is 0 Å². The van der Waals surface area contributed by atoms with Gasteiger partial charge in [0.2, 0.25) is 0 Å². The van der Waals surface area contributed by atoms with E-state index in [1.807, 2.05) is 0 Å². The summed E-state index contributed by atoms with van der Waals surface area (Å²) in [6, 6.07) is 5.90. The molecule has 1 amide bonds. The molecule has 0 saturated carbocycles. The molecule has 0 spiro atoms. The Morgan fingerprint density at radius 1 is 1.40 bits per heavy atom. The van der Waals surface area contributed by atoms with Crippen LogP contribution in [-0.4, -0.2) is 43.1 Å². The molecule has 1 saturated heterocycles. The van der Waals surface area contributed by atoms with E-state index < -0.39 is 11.9 Å². The van der Waals surface area contributed by atoms with Crippen LogP contribution in [0.5, 0.6) is 0 Å². The summed E-state index contributed by atoms with van der Waals surface area (Å²) < 4.78 is 23.1. The molecule has 1 aliphatic heterocycles. The van der Waals surface area contributed by atoms with E-state index in [0.29, 0.717) is 13.2 Å². The molecule has 1 aromatic rings. The molecule has 1 atom stereocenters. The molecule has 5 nitrogen and oxygen atoms in total. The average molecular weight is 281 g/mol. The second-order valence-electron chi connectivity index (χ2n) is 4.38. The maximum atomic E-state index is 12.9. The van der Waals surface area contributed by atoms with E-state index in [2.05, 4.69) is 0 Å². The fraction of sp³-hybridized carbons (Fsp3) is 0.429. The zero-order chi connectivity index (χ0) is 14.5. The summed E-state index contributed by atoms with van der Waals surface area (Å²) in [5.74, 6) is -1.85. The highest BCUT2D eigenvalue weighted by Crippen LogP contribution is 2.22. The van der Waals surface area contributed by atoms with Crippen LogP contribution in [0.2, 0.25) is 0 Å². The Balaban J connectivity index is 2.03. The quantitative estimate of drug-likeness (QED) is 0.605. The minimum Gasteiger partial charge on any atom is -0.459 e. The lowest BCUT2D eigenvalue weighted by atomic mass is 10.1. The van der Waals surface area contributed by atoms with Crippen molar-refractivity contribution in [3.8, 4) is 0 Å². The Morgan fingerprint density at radius 2 is 2.10 bits per heavy atom. The van der Waals surface area contributed by atoms with Gasteiger partial charge in [0.15, 0.2) is 0 Å². The molecule has 0 N–H and O–H groups in total. The molecule has 1 aliphatic rings. The molecule has 0 aliphatic carbocycles. The molecular weight excluding hydrogens is 265 g/mol. The minimum atomic E-state index is -0.854. The molecule has 20 heavy (non-hydrogen) atoms. The summed E-state index contributed by atoms with van der Waals surface area (Å²) in [6.45, 7) is 2.73. The van der Waals surface area contributed by atoms with Gasteiger partial charge in [0.1, 0.15) is 11.9 Å². The first-order chi connectivity index (χ1) is 9.61. The minimum absolute atomic E-state index is 0.163. The number of halogens is 1. The molecule has 1 aromatic carbocycles. The van der Waals surface area contributed by atoms with Gasteiger partial charge in [-0.25, -0.2) is 9.18 Å². The van der Waals surface area contributed by atoms with Crippen LogP contribution in [0.3, 0.4) is 0 Å². The first kappa shape index (κ1) is 14.5. The van der Waals surface area contributed by atoms with Crippen LogP contribution in [0, 0.1) is 5.82 Å². The van der Waals surface area contributed by atoms with Gasteiger partial charge in [-0.1, -0.05) is 12.1 Å². The van der Waals surface area contributed by atoms with E-state index in [9.17, 15) is 14.0 Å². The second kappa shape index (κ2) is 6.47. The van der Waals surface area contributed by atoms with Gasteiger partial charge in [-0.3, -0.25) is 4.79 Å². The Kier molecular flexibility index (Phi) is 4.68. The van der Waals surface area contributed by atoms with Crippen molar-refractivity contribution >= 4 is 11.9 Å². The fourth-order valence-electron chi connectivity index (χ4n) is 2.03. The van der Waals surface area contributed by atoms with Crippen molar-refractivity contribution in [3.05, 3.63) is 35.6 Å². The van der Waals surface area contributed by atoms with Crippen LogP contribution in [0.15, 0.2) is 24.3 Å². The lowest BCUT2D eigenvalue weighted by Gasteiger charge is -2.32. The SMILES string of the molecule is CCOC(=O)C(=O)N1CCOC(c2ccc(F)cc2)C1. The average Bonchev–Trinajstić information content (AvgIpc) is 2.47. The van der Waals surface area contributed by atoms with Crippen molar-refractivity contribution in [2.75, 3.05) is 26.3 Å². The van der Waals surface area contributed by atoms with Crippen molar-refractivity contribution in [3.63, 3.8) is 0 Å². The van der Waals surface area contributed by atoms with Crippen LogP contribution in [0.25, 0.3) is 0 Å². The number of carbonyl (C=O) groups excluding carboxylic acids is 2. The molecule has 0 bridgehead atoms. The van der Waals surface area contributed by atoms with Crippen molar-refractivity contribution in [1.82, 2.24) is 4.90 Å². The smallest absolute Gasteiger partial charge is 0.397 e. The van der Waals surface area contributed by atoms with E-state index in [1.54, 1.807) is 19.1 Å². The van der Waals surface area contributed by atoms with Gasteiger partial charge >= 0.3 is 11.9 Å². The van der Waals surface area contributed by atoms with Crippen LogP contribution >= 0.6 is 0 Å². The maximum Gasteiger partial charge on any atom is 0.397 e. The van der Waals surface area contributed by atoms with Gasteiger partial charge in [-0.15, -0.1) is 0 Å². The number of benzene rings is 1. The lowest BCUT2D eigenvalue weighted by Crippen LogP contribution is -2.45. The number of rotatable bonds is 2. The van der Waals surface area contributed by atoms with Crippen LogP contribution < -0.4 is 0 Å². The molecule has 0 radical (unpaired) electrons. The summed E-state index contributed by atoms with van der Waals surface area (Å²) in [4.78, 5) is 24.7. The standard InChI is InChI=1S/C14H16FNO4/c1-2-19-14(18)13(17)16-7-8-20-12(9-16)10-3-5-11(15)6-4-10/h3-6,12H,2,7-9H2,1H3. The molecule has 2 rings (SSSR count). The largest absolute Gasteiger partial charge is 0.459 e. The highest BCUT2D eigenvalue weighted by atomic mass is 19.1. The number of ether oxygens (including phenoxy) is 2. The van der Waals surface area contributed by atoms with Crippen LogP contribution in [0.4, 0.5) is 4.39 Å². The molecule has 0 aromatic heterocycles. The molecule has 108 valence electrons. The van der Waals surface area contributed by atoms with Crippen LogP contribution in [-0.2, 0) is 19.1 Å². The van der Waals surface area contributed by atoms with Crippen molar-refractivity contribution in [2.45, 2.75) is 13.0 Å². The summed E-state index contributed by atoms with van der Waals surface area (Å²) >= 11 is 0. The number of hydrogen-bond donors (Lipinski definition) is 0. The number of esters is 1. The van der Waals surface area contributed by atoms with E-state index in [0.717, 1.165) is 5.56 Å². The summed E-state index contributed by atoms with van der Waals surface area (Å²) in [5, 5.41) is 0. The zero-order valence-electron chi connectivity index (χ0n) is 11.2. The zero-order valence-corrected chi connectivity index (χ0v) is 11.2. The molecule has 1 heterocycles.